The lowest BCUT2D eigenvalue weighted by Gasteiger charge is -2.15. The highest BCUT2D eigenvalue weighted by molar-refractivity contribution is 5.82. The van der Waals surface area contributed by atoms with E-state index in [-0.39, 0.29) is 11.9 Å². The molecule has 0 unspecified atom stereocenters. The van der Waals surface area contributed by atoms with Crippen LogP contribution in [0, 0.1) is 0 Å². The number of nitrogens with one attached hydrogen (secondary N) is 2. The molecule has 0 radical (unpaired) electrons. The predicted molar refractivity (Wildman–Crippen MR) is 83.4 cm³/mol. The van der Waals surface area contributed by atoms with Crippen molar-refractivity contribution in [2.75, 3.05) is 33.8 Å². The second kappa shape index (κ2) is 8.00. The summed E-state index contributed by atoms with van der Waals surface area (Å²) in [6, 6.07) is 7.83. The smallest absolute Gasteiger partial charge is 0.237 e. The Morgan fingerprint density at radius 3 is 2.95 bits per heavy atom. The molecule has 21 heavy (non-hydrogen) atoms. The van der Waals surface area contributed by atoms with E-state index in [1.165, 1.54) is 0 Å². The van der Waals surface area contributed by atoms with Crippen LogP contribution in [0.5, 0.6) is 5.75 Å². The summed E-state index contributed by atoms with van der Waals surface area (Å²) in [6.07, 6.45) is 2.00. The molecule has 0 saturated carbocycles. The Morgan fingerprint density at radius 1 is 1.43 bits per heavy atom. The maximum Gasteiger partial charge on any atom is 0.237 e. The van der Waals surface area contributed by atoms with E-state index in [0.29, 0.717) is 13.2 Å². The molecule has 5 nitrogen and oxygen atoms in total. The zero-order valence-electron chi connectivity index (χ0n) is 12.9. The maximum absolute atomic E-state index is 12.0. The zero-order chi connectivity index (χ0) is 15.1. The first kappa shape index (κ1) is 15.8. The van der Waals surface area contributed by atoms with Gasteiger partial charge in [-0.2, -0.15) is 0 Å². The lowest BCUT2D eigenvalue weighted by Crippen LogP contribution is -2.40. The Kier molecular flexibility index (Phi) is 6.02. The minimum Gasteiger partial charge on any atom is -0.492 e. The van der Waals surface area contributed by atoms with Gasteiger partial charge in [0.2, 0.25) is 5.91 Å². The van der Waals surface area contributed by atoms with Crippen molar-refractivity contribution >= 4 is 5.91 Å². The highest BCUT2D eigenvalue weighted by atomic mass is 16.5. The van der Waals surface area contributed by atoms with Crippen molar-refractivity contribution in [3.63, 3.8) is 0 Å². The Morgan fingerprint density at radius 2 is 2.24 bits per heavy atom. The Hall–Kier alpha value is -1.59. The summed E-state index contributed by atoms with van der Waals surface area (Å²) < 4.78 is 5.80. The third kappa shape index (κ3) is 5.02. The first-order chi connectivity index (χ1) is 10.2. The topological polar surface area (TPSA) is 53.6 Å². The molecule has 0 bridgehead atoms. The molecule has 116 valence electrons. The largest absolute Gasteiger partial charge is 0.492 e. The zero-order valence-corrected chi connectivity index (χ0v) is 12.9. The minimum absolute atomic E-state index is 0.0354. The number of amides is 1. The first-order valence-corrected chi connectivity index (χ1v) is 7.53. The predicted octanol–water partition coefficient (Wildman–Crippen LogP) is 0.995. The second-order valence-corrected chi connectivity index (χ2v) is 5.63. The van der Waals surface area contributed by atoms with Crippen LogP contribution in [0.25, 0.3) is 0 Å². The van der Waals surface area contributed by atoms with Gasteiger partial charge in [-0.05, 0) is 39.5 Å². The van der Waals surface area contributed by atoms with Crippen LogP contribution in [0.1, 0.15) is 18.4 Å². The average Bonchev–Trinajstić information content (AvgIpc) is 3.00. The number of carbonyl (C=O) groups excluding carboxylic acids is 1. The van der Waals surface area contributed by atoms with Gasteiger partial charge in [0.1, 0.15) is 12.4 Å². The van der Waals surface area contributed by atoms with E-state index in [4.69, 9.17) is 4.74 Å². The molecule has 0 aliphatic carbocycles. The fourth-order valence-corrected chi connectivity index (χ4v) is 2.34. The van der Waals surface area contributed by atoms with E-state index in [0.717, 1.165) is 37.2 Å². The summed E-state index contributed by atoms with van der Waals surface area (Å²) in [5.74, 6) is 0.926. The van der Waals surface area contributed by atoms with Crippen molar-refractivity contribution in [3.8, 4) is 5.75 Å². The van der Waals surface area contributed by atoms with E-state index in [2.05, 4.69) is 15.5 Å². The fourth-order valence-electron chi connectivity index (χ4n) is 2.34. The molecule has 2 rings (SSSR count). The number of para-hydroxylation sites is 1. The quantitative estimate of drug-likeness (QED) is 0.787. The molecular formula is C16H25N3O2. The standard InChI is InChI=1S/C16H25N3O2/c1-19(2)10-11-21-15-8-4-3-6-13(15)12-18-16(20)14-7-5-9-17-14/h3-4,6,8,14,17H,5,7,9-12H2,1-2H3,(H,18,20)/t14-/m0/s1. The van der Waals surface area contributed by atoms with Crippen molar-refractivity contribution < 1.29 is 9.53 Å². The SMILES string of the molecule is CN(C)CCOc1ccccc1CNC(=O)[C@@H]1CCCN1. The van der Waals surface area contributed by atoms with Crippen LogP contribution in [-0.2, 0) is 11.3 Å². The average molecular weight is 291 g/mol. The molecule has 1 heterocycles. The second-order valence-electron chi connectivity index (χ2n) is 5.63. The third-order valence-corrected chi connectivity index (χ3v) is 3.60. The van der Waals surface area contributed by atoms with E-state index in [1.807, 2.05) is 38.4 Å². The van der Waals surface area contributed by atoms with Crippen LogP contribution < -0.4 is 15.4 Å². The van der Waals surface area contributed by atoms with Crippen molar-refractivity contribution in [3.05, 3.63) is 29.8 Å². The summed E-state index contributed by atoms with van der Waals surface area (Å²) in [5.41, 5.74) is 1.02. The molecule has 0 aromatic heterocycles. The van der Waals surface area contributed by atoms with Gasteiger partial charge in [0.05, 0.1) is 6.04 Å². The summed E-state index contributed by atoms with van der Waals surface area (Å²) in [5, 5.41) is 6.19. The third-order valence-electron chi connectivity index (χ3n) is 3.60. The summed E-state index contributed by atoms with van der Waals surface area (Å²) in [6.45, 7) is 2.95. The number of carbonyl (C=O) groups is 1. The number of likely N-dealkylation sites (N-methyl/N-ethyl adjacent to an activating group) is 1. The normalized spacial score (nSPS) is 18.0. The molecule has 0 spiro atoms. The first-order valence-electron chi connectivity index (χ1n) is 7.53. The van der Waals surface area contributed by atoms with Gasteiger partial charge >= 0.3 is 0 Å². The molecule has 1 aliphatic rings. The van der Waals surface area contributed by atoms with Crippen LogP contribution in [0.4, 0.5) is 0 Å². The summed E-state index contributed by atoms with van der Waals surface area (Å²) in [4.78, 5) is 14.1. The molecule has 1 fully saturated rings. The van der Waals surface area contributed by atoms with Gasteiger partial charge < -0.3 is 20.3 Å². The fraction of sp³-hybridized carbons (Fsp3) is 0.562. The van der Waals surface area contributed by atoms with Gasteiger partial charge in [0.25, 0.3) is 0 Å². The van der Waals surface area contributed by atoms with Crippen LogP contribution in [-0.4, -0.2) is 50.6 Å². The van der Waals surface area contributed by atoms with Crippen LogP contribution >= 0.6 is 0 Å². The van der Waals surface area contributed by atoms with Gasteiger partial charge in [-0.25, -0.2) is 0 Å². The molecule has 1 saturated heterocycles. The van der Waals surface area contributed by atoms with Gasteiger partial charge in [0.15, 0.2) is 0 Å². The summed E-state index contributed by atoms with van der Waals surface area (Å²) >= 11 is 0. The van der Waals surface area contributed by atoms with Gasteiger partial charge in [-0.3, -0.25) is 4.79 Å². The van der Waals surface area contributed by atoms with Crippen molar-refractivity contribution in [2.45, 2.75) is 25.4 Å². The van der Waals surface area contributed by atoms with Gasteiger partial charge in [0, 0.05) is 18.7 Å². The number of nitrogens with zero attached hydrogens (tertiary/aromatic N) is 1. The molecule has 1 atom stereocenters. The van der Waals surface area contributed by atoms with Crippen LogP contribution in [0.2, 0.25) is 0 Å². The molecule has 1 aromatic carbocycles. The number of benzene rings is 1. The number of rotatable bonds is 7. The minimum atomic E-state index is -0.0354. The number of hydrogen-bond donors (Lipinski definition) is 2. The van der Waals surface area contributed by atoms with E-state index < -0.39 is 0 Å². The molecular weight excluding hydrogens is 266 g/mol. The molecule has 1 aromatic rings. The van der Waals surface area contributed by atoms with E-state index in [1.54, 1.807) is 0 Å². The van der Waals surface area contributed by atoms with Crippen molar-refractivity contribution in [1.82, 2.24) is 15.5 Å². The summed E-state index contributed by atoms with van der Waals surface area (Å²) in [7, 11) is 4.04. The van der Waals surface area contributed by atoms with Crippen molar-refractivity contribution in [2.24, 2.45) is 0 Å². The Bertz CT molecular complexity index is 457. The Balaban J connectivity index is 1.85. The lowest BCUT2D eigenvalue weighted by atomic mass is 10.2. The lowest BCUT2D eigenvalue weighted by molar-refractivity contribution is -0.122. The maximum atomic E-state index is 12.0. The van der Waals surface area contributed by atoms with E-state index >= 15 is 0 Å². The monoisotopic (exact) mass is 291 g/mol. The number of hydrogen-bond acceptors (Lipinski definition) is 4. The van der Waals surface area contributed by atoms with Crippen LogP contribution in [0.15, 0.2) is 24.3 Å². The molecule has 1 aliphatic heterocycles. The molecule has 5 heteroatoms. The van der Waals surface area contributed by atoms with E-state index in [9.17, 15) is 4.79 Å². The Labute approximate surface area is 126 Å². The highest BCUT2D eigenvalue weighted by Crippen LogP contribution is 2.17. The molecule has 1 amide bonds. The number of ether oxygens (including phenoxy) is 1. The van der Waals surface area contributed by atoms with Gasteiger partial charge in [-0.15, -0.1) is 0 Å². The van der Waals surface area contributed by atoms with Crippen LogP contribution in [0.3, 0.4) is 0 Å². The van der Waals surface area contributed by atoms with Gasteiger partial charge in [-0.1, -0.05) is 18.2 Å². The molecule has 2 N–H and O–H groups in total. The van der Waals surface area contributed by atoms with Crippen molar-refractivity contribution in [1.29, 1.82) is 0 Å². The highest BCUT2D eigenvalue weighted by Gasteiger charge is 2.21.